The molecule has 0 radical (unpaired) electrons. The number of aliphatic hydroxyl groups excluding tert-OH is 1. The van der Waals surface area contributed by atoms with Gasteiger partial charge in [0.05, 0.1) is 12.7 Å². The number of benzene rings is 1. The molecule has 1 atom stereocenters. The number of nitrogens with one attached hydrogen (secondary N) is 2. The number of anilines is 1. The van der Waals surface area contributed by atoms with Crippen molar-refractivity contribution in [1.82, 2.24) is 5.32 Å². The standard InChI is InChI=1S/C15H22N2O4/c1-3-21-10-13(18)9-16-14(19)8-15(20)17-12-6-4-11(2)5-7-12/h4-7,13,18H,3,8-10H2,1-2H3,(H,16,19)(H,17,20)/t13-/m1/s1. The Morgan fingerprint density at radius 3 is 2.52 bits per heavy atom. The maximum atomic E-state index is 11.7. The Morgan fingerprint density at radius 2 is 1.90 bits per heavy atom. The molecule has 1 rings (SSSR count). The van der Waals surface area contributed by atoms with E-state index < -0.39 is 17.9 Å². The zero-order valence-electron chi connectivity index (χ0n) is 12.4. The number of carbonyl (C=O) groups is 2. The van der Waals surface area contributed by atoms with E-state index in [0.29, 0.717) is 12.3 Å². The Hall–Kier alpha value is -1.92. The Labute approximate surface area is 124 Å². The zero-order chi connectivity index (χ0) is 15.7. The van der Waals surface area contributed by atoms with E-state index in [1.165, 1.54) is 0 Å². The van der Waals surface area contributed by atoms with E-state index in [1.54, 1.807) is 12.1 Å². The first-order valence-corrected chi connectivity index (χ1v) is 6.90. The van der Waals surface area contributed by atoms with E-state index in [0.717, 1.165) is 5.56 Å². The molecule has 0 aromatic heterocycles. The predicted octanol–water partition coefficient (Wildman–Crippen LogP) is 0.837. The van der Waals surface area contributed by atoms with E-state index >= 15 is 0 Å². The molecule has 6 nitrogen and oxygen atoms in total. The van der Waals surface area contributed by atoms with Crippen LogP contribution in [0.5, 0.6) is 0 Å². The minimum atomic E-state index is -0.769. The molecule has 0 aliphatic carbocycles. The van der Waals surface area contributed by atoms with Gasteiger partial charge in [-0.15, -0.1) is 0 Å². The number of hydrogen-bond acceptors (Lipinski definition) is 4. The topological polar surface area (TPSA) is 87.7 Å². The van der Waals surface area contributed by atoms with Crippen molar-refractivity contribution in [3.63, 3.8) is 0 Å². The number of amides is 2. The van der Waals surface area contributed by atoms with Crippen LogP contribution in [0.2, 0.25) is 0 Å². The summed E-state index contributed by atoms with van der Waals surface area (Å²) < 4.78 is 5.02. The molecule has 0 aliphatic heterocycles. The molecule has 0 aliphatic rings. The van der Waals surface area contributed by atoms with Crippen molar-refractivity contribution >= 4 is 17.5 Å². The fraction of sp³-hybridized carbons (Fsp3) is 0.467. The van der Waals surface area contributed by atoms with Crippen molar-refractivity contribution in [1.29, 1.82) is 0 Å². The van der Waals surface area contributed by atoms with E-state index in [1.807, 2.05) is 26.0 Å². The van der Waals surface area contributed by atoms with Crippen LogP contribution >= 0.6 is 0 Å². The minimum absolute atomic E-state index is 0.0661. The lowest BCUT2D eigenvalue weighted by molar-refractivity contribution is -0.127. The second kappa shape index (κ2) is 9.10. The maximum Gasteiger partial charge on any atom is 0.233 e. The van der Waals surface area contributed by atoms with Crippen LogP contribution in [0.4, 0.5) is 5.69 Å². The van der Waals surface area contributed by atoms with Gasteiger partial charge in [-0.25, -0.2) is 0 Å². The van der Waals surface area contributed by atoms with Gasteiger partial charge in [0.25, 0.3) is 0 Å². The molecular formula is C15H22N2O4. The summed E-state index contributed by atoms with van der Waals surface area (Å²) in [7, 11) is 0. The minimum Gasteiger partial charge on any atom is -0.389 e. The number of aliphatic hydroxyl groups is 1. The van der Waals surface area contributed by atoms with Gasteiger partial charge in [0.15, 0.2) is 0 Å². The molecule has 0 spiro atoms. The van der Waals surface area contributed by atoms with Gasteiger partial charge in [-0.05, 0) is 26.0 Å². The molecule has 0 fully saturated rings. The SMILES string of the molecule is CCOC[C@H](O)CNC(=O)CC(=O)Nc1ccc(C)cc1. The lowest BCUT2D eigenvalue weighted by Crippen LogP contribution is -2.36. The summed E-state index contributed by atoms with van der Waals surface area (Å²) in [4.78, 5) is 23.2. The zero-order valence-corrected chi connectivity index (χ0v) is 12.4. The van der Waals surface area contributed by atoms with Gasteiger partial charge < -0.3 is 20.5 Å². The van der Waals surface area contributed by atoms with Crippen LogP contribution in [0.1, 0.15) is 18.9 Å². The molecule has 0 saturated heterocycles. The second-order valence-electron chi connectivity index (χ2n) is 4.71. The number of ether oxygens (including phenoxy) is 1. The van der Waals surface area contributed by atoms with E-state index in [4.69, 9.17) is 4.74 Å². The van der Waals surface area contributed by atoms with Crippen LogP contribution in [0.15, 0.2) is 24.3 Å². The predicted molar refractivity (Wildman–Crippen MR) is 79.9 cm³/mol. The maximum absolute atomic E-state index is 11.7. The highest BCUT2D eigenvalue weighted by Gasteiger charge is 2.11. The largest absolute Gasteiger partial charge is 0.389 e. The van der Waals surface area contributed by atoms with Crippen molar-refractivity contribution in [2.24, 2.45) is 0 Å². The van der Waals surface area contributed by atoms with Crippen molar-refractivity contribution in [2.45, 2.75) is 26.4 Å². The number of carbonyl (C=O) groups excluding carboxylic acids is 2. The van der Waals surface area contributed by atoms with Gasteiger partial charge >= 0.3 is 0 Å². The third-order valence-corrected chi connectivity index (χ3v) is 2.71. The highest BCUT2D eigenvalue weighted by molar-refractivity contribution is 6.03. The molecule has 2 amide bonds. The average molecular weight is 294 g/mol. The molecule has 0 unspecified atom stereocenters. The summed E-state index contributed by atoms with van der Waals surface area (Å²) in [5, 5.41) is 14.6. The van der Waals surface area contributed by atoms with Crippen molar-refractivity contribution in [3.05, 3.63) is 29.8 Å². The summed E-state index contributed by atoms with van der Waals surface area (Å²) in [6.45, 7) is 4.50. The summed E-state index contributed by atoms with van der Waals surface area (Å²) in [6, 6.07) is 7.30. The van der Waals surface area contributed by atoms with Crippen molar-refractivity contribution in [3.8, 4) is 0 Å². The molecule has 21 heavy (non-hydrogen) atoms. The van der Waals surface area contributed by atoms with Gasteiger partial charge in [0, 0.05) is 18.8 Å². The van der Waals surface area contributed by atoms with E-state index in [-0.39, 0.29) is 19.6 Å². The lowest BCUT2D eigenvalue weighted by Gasteiger charge is -2.11. The molecule has 0 saturated carbocycles. The summed E-state index contributed by atoms with van der Waals surface area (Å²) >= 11 is 0. The Morgan fingerprint density at radius 1 is 1.24 bits per heavy atom. The monoisotopic (exact) mass is 294 g/mol. The van der Waals surface area contributed by atoms with Crippen LogP contribution in [0, 0.1) is 6.92 Å². The van der Waals surface area contributed by atoms with Gasteiger partial charge in [-0.3, -0.25) is 9.59 Å². The average Bonchev–Trinajstić information content (AvgIpc) is 2.45. The van der Waals surface area contributed by atoms with Gasteiger partial charge in [0.2, 0.25) is 11.8 Å². The van der Waals surface area contributed by atoms with Crippen molar-refractivity contribution in [2.75, 3.05) is 25.1 Å². The van der Waals surface area contributed by atoms with Crippen LogP contribution in [-0.4, -0.2) is 42.8 Å². The smallest absolute Gasteiger partial charge is 0.233 e. The fourth-order valence-electron chi connectivity index (χ4n) is 1.59. The summed E-state index contributed by atoms with van der Waals surface area (Å²) in [6.07, 6.45) is -1.05. The normalized spacial score (nSPS) is 11.8. The second-order valence-corrected chi connectivity index (χ2v) is 4.71. The molecule has 1 aromatic rings. The molecule has 1 aromatic carbocycles. The third kappa shape index (κ3) is 7.43. The molecule has 3 N–H and O–H groups in total. The van der Waals surface area contributed by atoms with Crippen LogP contribution in [0.25, 0.3) is 0 Å². The van der Waals surface area contributed by atoms with Crippen LogP contribution < -0.4 is 10.6 Å². The molecular weight excluding hydrogens is 272 g/mol. The molecule has 0 heterocycles. The molecule has 6 heteroatoms. The van der Waals surface area contributed by atoms with Gasteiger partial charge in [0.1, 0.15) is 6.42 Å². The highest BCUT2D eigenvalue weighted by Crippen LogP contribution is 2.08. The van der Waals surface area contributed by atoms with Crippen molar-refractivity contribution < 1.29 is 19.4 Å². The lowest BCUT2D eigenvalue weighted by atomic mass is 10.2. The van der Waals surface area contributed by atoms with Crippen LogP contribution in [0.3, 0.4) is 0 Å². The van der Waals surface area contributed by atoms with Gasteiger partial charge in [-0.1, -0.05) is 17.7 Å². The van der Waals surface area contributed by atoms with E-state index in [2.05, 4.69) is 10.6 Å². The highest BCUT2D eigenvalue weighted by atomic mass is 16.5. The van der Waals surface area contributed by atoms with Gasteiger partial charge in [-0.2, -0.15) is 0 Å². The molecule has 116 valence electrons. The number of aryl methyl sites for hydroxylation is 1. The summed E-state index contributed by atoms with van der Waals surface area (Å²) in [5.74, 6) is -0.828. The quantitative estimate of drug-likeness (QED) is 0.620. The van der Waals surface area contributed by atoms with E-state index in [9.17, 15) is 14.7 Å². The first kappa shape index (κ1) is 17.1. The fourth-order valence-corrected chi connectivity index (χ4v) is 1.59. The van der Waals surface area contributed by atoms with Crippen LogP contribution in [-0.2, 0) is 14.3 Å². The Bertz CT molecular complexity index is 459. The Balaban J connectivity index is 2.27. The third-order valence-electron chi connectivity index (χ3n) is 2.71. The first-order valence-electron chi connectivity index (χ1n) is 6.90. The Kier molecular flexibility index (Phi) is 7.42. The number of hydrogen-bond donors (Lipinski definition) is 3. The first-order chi connectivity index (χ1) is 10.0. The summed E-state index contributed by atoms with van der Waals surface area (Å²) in [5.41, 5.74) is 1.74. The molecule has 0 bridgehead atoms. The number of rotatable bonds is 8.